The molecule has 0 aliphatic carbocycles. The number of fused-ring (bicyclic) bond motifs is 2. The molecule has 31 heavy (non-hydrogen) atoms. The van der Waals surface area contributed by atoms with Crippen molar-refractivity contribution in [2.75, 3.05) is 11.0 Å². The highest BCUT2D eigenvalue weighted by atomic mass is 32.2. The number of rotatable bonds is 4. The van der Waals surface area contributed by atoms with Crippen LogP contribution in [0.2, 0.25) is 0 Å². The van der Waals surface area contributed by atoms with E-state index in [0.29, 0.717) is 5.69 Å². The molecule has 2 aromatic heterocycles. The highest BCUT2D eigenvalue weighted by molar-refractivity contribution is 7.92. The molecule has 0 fully saturated rings. The van der Waals surface area contributed by atoms with Gasteiger partial charge in [0.1, 0.15) is 10.0 Å². The number of thiazole rings is 2. The first kappa shape index (κ1) is 20.1. The van der Waals surface area contributed by atoms with Crippen LogP contribution in [0.15, 0.2) is 54.6 Å². The van der Waals surface area contributed by atoms with Crippen LogP contribution >= 0.6 is 22.7 Å². The van der Waals surface area contributed by atoms with Gasteiger partial charge >= 0.3 is 0 Å². The van der Waals surface area contributed by atoms with Gasteiger partial charge in [-0.1, -0.05) is 6.07 Å². The summed E-state index contributed by atoms with van der Waals surface area (Å²) in [6.07, 6.45) is 1.15. The van der Waals surface area contributed by atoms with E-state index < -0.39 is 10.0 Å². The number of sulfonamides is 1. The summed E-state index contributed by atoms with van der Waals surface area (Å²) in [4.78, 5) is 9.57. The maximum Gasteiger partial charge on any atom is 0.229 e. The molecule has 0 saturated carbocycles. The molecule has 3 aromatic carbocycles. The number of nitrogens with zero attached hydrogens (tertiary/aromatic N) is 2. The van der Waals surface area contributed by atoms with Crippen LogP contribution in [-0.4, -0.2) is 24.6 Å². The molecule has 0 aliphatic rings. The van der Waals surface area contributed by atoms with E-state index in [4.69, 9.17) is 9.97 Å². The molecule has 1 N–H and O–H groups in total. The van der Waals surface area contributed by atoms with E-state index in [1.165, 1.54) is 10.3 Å². The molecule has 0 atom stereocenters. The summed E-state index contributed by atoms with van der Waals surface area (Å²) in [5.41, 5.74) is 6.69. The van der Waals surface area contributed by atoms with Gasteiger partial charge in [-0.3, -0.25) is 4.72 Å². The van der Waals surface area contributed by atoms with Crippen LogP contribution in [0.4, 0.5) is 5.69 Å². The van der Waals surface area contributed by atoms with Gasteiger partial charge in [0.05, 0.1) is 32.4 Å². The summed E-state index contributed by atoms with van der Waals surface area (Å²) in [6.45, 7) is 3.98. The SMILES string of the molecule is Cc1ccc2nc(-c3ccc4nc(-c5ccc(NS(C)(=O)=O)c(C)c5)sc4c3)sc2c1. The lowest BCUT2D eigenvalue weighted by Gasteiger charge is -2.08. The van der Waals surface area contributed by atoms with Gasteiger partial charge in [-0.05, 0) is 73.5 Å². The first-order chi connectivity index (χ1) is 14.7. The smallest absolute Gasteiger partial charge is 0.229 e. The van der Waals surface area contributed by atoms with Gasteiger partial charge in [-0.2, -0.15) is 0 Å². The molecule has 5 aromatic rings. The van der Waals surface area contributed by atoms with Crippen molar-refractivity contribution in [1.82, 2.24) is 9.97 Å². The third kappa shape index (κ3) is 4.06. The van der Waals surface area contributed by atoms with E-state index in [1.54, 1.807) is 28.7 Å². The topological polar surface area (TPSA) is 72.0 Å². The largest absolute Gasteiger partial charge is 0.284 e. The summed E-state index contributed by atoms with van der Waals surface area (Å²) in [5, 5.41) is 1.91. The predicted octanol–water partition coefficient (Wildman–Crippen LogP) is 6.23. The first-order valence-electron chi connectivity index (χ1n) is 9.62. The number of anilines is 1. The summed E-state index contributed by atoms with van der Waals surface area (Å²) in [5.74, 6) is 0. The van der Waals surface area contributed by atoms with E-state index in [9.17, 15) is 8.42 Å². The van der Waals surface area contributed by atoms with Crippen molar-refractivity contribution < 1.29 is 8.42 Å². The van der Waals surface area contributed by atoms with Crippen molar-refractivity contribution in [3.63, 3.8) is 0 Å². The number of nitrogens with one attached hydrogen (secondary N) is 1. The maximum absolute atomic E-state index is 11.5. The van der Waals surface area contributed by atoms with Crippen molar-refractivity contribution in [3.8, 4) is 21.1 Å². The van der Waals surface area contributed by atoms with Gasteiger partial charge in [-0.25, -0.2) is 18.4 Å². The Labute approximate surface area is 188 Å². The van der Waals surface area contributed by atoms with Gasteiger partial charge in [0.25, 0.3) is 0 Å². The summed E-state index contributed by atoms with van der Waals surface area (Å²) >= 11 is 3.32. The lowest BCUT2D eigenvalue weighted by Crippen LogP contribution is -2.10. The van der Waals surface area contributed by atoms with Crippen molar-refractivity contribution >= 4 is 58.8 Å². The lowest BCUT2D eigenvalue weighted by atomic mass is 10.1. The number of hydrogen-bond donors (Lipinski definition) is 1. The number of aryl methyl sites for hydroxylation is 2. The molecule has 5 rings (SSSR count). The Bertz CT molecular complexity index is 1570. The molecule has 156 valence electrons. The normalized spacial score (nSPS) is 12.0. The van der Waals surface area contributed by atoms with Gasteiger partial charge in [0.2, 0.25) is 10.0 Å². The van der Waals surface area contributed by atoms with E-state index in [-0.39, 0.29) is 0 Å². The number of benzene rings is 3. The van der Waals surface area contributed by atoms with E-state index in [2.05, 4.69) is 42.0 Å². The lowest BCUT2D eigenvalue weighted by molar-refractivity contribution is 0.607. The van der Waals surface area contributed by atoms with Gasteiger partial charge < -0.3 is 0 Å². The zero-order valence-electron chi connectivity index (χ0n) is 17.1. The first-order valence-corrected chi connectivity index (χ1v) is 13.1. The molecule has 0 spiro atoms. The van der Waals surface area contributed by atoms with Crippen molar-refractivity contribution in [1.29, 1.82) is 0 Å². The van der Waals surface area contributed by atoms with Gasteiger partial charge in [0.15, 0.2) is 0 Å². The van der Waals surface area contributed by atoms with Gasteiger partial charge in [-0.15, -0.1) is 22.7 Å². The summed E-state index contributed by atoms with van der Waals surface area (Å²) in [7, 11) is -3.31. The van der Waals surface area contributed by atoms with Crippen LogP contribution in [0, 0.1) is 13.8 Å². The number of aromatic nitrogens is 2. The van der Waals surface area contributed by atoms with Crippen LogP contribution in [-0.2, 0) is 10.0 Å². The zero-order chi connectivity index (χ0) is 21.8. The minimum Gasteiger partial charge on any atom is -0.284 e. The fraction of sp³-hybridized carbons (Fsp3) is 0.130. The Balaban J connectivity index is 1.51. The second kappa shape index (κ2) is 7.40. The molecule has 0 radical (unpaired) electrons. The maximum atomic E-state index is 11.5. The Morgan fingerprint density at radius 1 is 0.774 bits per heavy atom. The van der Waals surface area contributed by atoms with Crippen molar-refractivity contribution in [3.05, 3.63) is 65.7 Å². The van der Waals surface area contributed by atoms with Crippen LogP contribution in [0.3, 0.4) is 0 Å². The molecule has 8 heteroatoms. The Morgan fingerprint density at radius 3 is 2.00 bits per heavy atom. The standard InChI is InChI=1S/C23H19N3O2S3/c1-13-4-7-18-20(10-13)29-23(24-18)16-6-9-19-21(12-16)30-22(25-19)15-5-8-17(14(2)11-15)26-31(3,27)28/h4-12,26H,1-3H3. The van der Waals surface area contributed by atoms with Crippen LogP contribution in [0.25, 0.3) is 41.6 Å². The monoisotopic (exact) mass is 465 g/mol. The second-order valence-corrected chi connectivity index (χ2v) is 11.4. The Kier molecular flexibility index (Phi) is 4.80. The van der Waals surface area contributed by atoms with Crippen LogP contribution in [0.1, 0.15) is 11.1 Å². The van der Waals surface area contributed by atoms with Crippen molar-refractivity contribution in [2.45, 2.75) is 13.8 Å². The molecule has 0 aliphatic heterocycles. The van der Waals surface area contributed by atoms with E-state index >= 15 is 0 Å². The van der Waals surface area contributed by atoms with Crippen LogP contribution < -0.4 is 4.72 Å². The average molecular weight is 466 g/mol. The van der Waals surface area contributed by atoms with Crippen LogP contribution in [0.5, 0.6) is 0 Å². The van der Waals surface area contributed by atoms with Gasteiger partial charge in [0, 0.05) is 11.1 Å². The molecule has 2 heterocycles. The average Bonchev–Trinajstić information content (AvgIpc) is 3.31. The highest BCUT2D eigenvalue weighted by Gasteiger charge is 2.12. The summed E-state index contributed by atoms with van der Waals surface area (Å²) in [6, 6.07) is 18.2. The predicted molar refractivity (Wildman–Crippen MR) is 132 cm³/mol. The zero-order valence-corrected chi connectivity index (χ0v) is 19.6. The van der Waals surface area contributed by atoms with E-state index in [1.807, 2.05) is 25.1 Å². The molecule has 0 saturated heterocycles. The fourth-order valence-corrected chi connectivity index (χ4v) is 6.14. The molecular weight excluding hydrogens is 446 g/mol. The minimum absolute atomic E-state index is 0.584. The third-order valence-corrected chi connectivity index (χ3v) is 7.67. The van der Waals surface area contributed by atoms with E-state index in [0.717, 1.165) is 48.7 Å². The molecule has 5 nitrogen and oxygen atoms in total. The minimum atomic E-state index is -3.31. The summed E-state index contributed by atoms with van der Waals surface area (Å²) < 4.78 is 27.9. The Morgan fingerprint density at radius 2 is 1.35 bits per heavy atom. The fourth-order valence-electron chi connectivity index (χ4n) is 3.45. The Hall–Kier alpha value is -2.81. The molecule has 0 bridgehead atoms. The molecular formula is C23H19N3O2S3. The number of hydrogen-bond acceptors (Lipinski definition) is 6. The molecule has 0 amide bonds. The van der Waals surface area contributed by atoms with Crippen molar-refractivity contribution in [2.24, 2.45) is 0 Å². The highest BCUT2D eigenvalue weighted by Crippen LogP contribution is 2.36. The third-order valence-electron chi connectivity index (χ3n) is 4.95. The quantitative estimate of drug-likeness (QED) is 0.342. The molecule has 0 unspecified atom stereocenters. The second-order valence-electron chi connectivity index (χ2n) is 7.60.